The SMILES string of the molecule is O=C1C=CCC2=C1P(c1cc(O)ccc1O)Oc1ccccc12. The van der Waals surface area contributed by atoms with Gasteiger partial charge in [-0.1, -0.05) is 24.3 Å². The third-order valence-electron chi connectivity index (χ3n) is 3.89. The molecule has 1 aliphatic heterocycles. The molecule has 2 N–H and O–H groups in total. The summed E-state index contributed by atoms with van der Waals surface area (Å²) >= 11 is 0. The lowest BCUT2D eigenvalue weighted by atomic mass is 9.96. The second-order valence-electron chi connectivity index (χ2n) is 5.35. The molecule has 114 valence electrons. The number of benzene rings is 2. The van der Waals surface area contributed by atoms with Crippen molar-refractivity contribution in [2.75, 3.05) is 0 Å². The Morgan fingerprint density at radius 2 is 1.91 bits per heavy atom. The number of carbonyl (C=O) groups is 1. The van der Waals surface area contributed by atoms with E-state index in [-0.39, 0.29) is 17.3 Å². The molecular formula is C18H13O4P. The number of hydrogen-bond acceptors (Lipinski definition) is 4. The summed E-state index contributed by atoms with van der Waals surface area (Å²) < 4.78 is 6.07. The van der Waals surface area contributed by atoms with Crippen molar-refractivity contribution in [3.05, 3.63) is 65.5 Å². The predicted octanol–water partition coefficient (Wildman–Crippen LogP) is 3.45. The van der Waals surface area contributed by atoms with Crippen molar-refractivity contribution in [2.45, 2.75) is 6.42 Å². The lowest BCUT2D eigenvalue weighted by Gasteiger charge is -2.31. The molecule has 4 rings (SSSR count). The molecule has 0 spiro atoms. The van der Waals surface area contributed by atoms with E-state index in [1.54, 1.807) is 6.08 Å². The Bertz CT molecular complexity index is 882. The van der Waals surface area contributed by atoms with Gasteiger partial charge in [0.15, 0.2) is 13.9 Å². The van der Waals surface area contributed by atoms with E-state index in [0.717, 1.165) is 11.1 Å². The molecule has 0 fully saturated rings. The molecule has 0 saturated heterocycles. The van der Waals surface area contributed by atoms with Crippen LogP contribution in [0.5, 0.6) is 17.2 Å². The van der Waals surface area contributed by atoms with Gasteiger partial charge >= 0.3 is 0 Å². The quantitative estimate of drug-likeness (QED) is 0.623. The molecule has 0 aromatic heterocycles. The highest BCUT2D eigenvalue weighted by Crippen LogP contribution is 2.57. The summed E-state index contributed by atoms with van der Waals surface area (Å²) in [6.45, 7) is 0. The van der Waals surface area contributed by atoms with Crippen LogP contribution >= 0.6 is 8.15 Å². The highest BCUT2D eigenvalue weighted by molar-refractivity contribution is 7.67. The van der Waals surface area contributed by atoms with Gasteiger partial charge in [0.1, 0.15) is 17.2 Å². The van der Waals surface area contributed by atoms with Crippen molar-refractivity contribution in [1.82, 2.24) is 0 Å². The van der Waals surface area contributed by atoms with Crippen molar-refractivity contribution in [3.63, 3.8) is 0 Å². The Morgan fingerprint density at radius 3 is 2.78 bits per heavy atom. The van der Waals surface area contributed by atoms with Crippen molar-refractivity contribution in [2.24, 2.45) is 0 Å². The van der Waals surface area contributed by atoms with E-state index < -0.39 is 8.15 Å². The van der Waals surface area contributed by atoms with Crippen LogP contribution in [0.4, 0.5) is 0 Å². The smallest absolute Gasteiger partial charge is 0.189 e. The van der Waals surface area contributed by atoms with E-state index >= 15 is 0 Å². The van der Waals surface area contributed by atoms with E-state index in [1.807, 2.05) is 30.3 Å². The Labute approximate surface area is 134 Å². The van der Waals surface area contributed by atoms with Gasteiger partial charge in [0.05, 0.1) is 10.6 Å². The lowest BCUT2D eigenvalue weighted by molar-refractivity contribution is -0.110. The van der Waals surface area contributed by atoms with E-state index in [4.69, 9.17) is 4.52 Å². The largest absolute Gasteiger partial charge is 0.508 e. The van der Waals surface area contributed by atoms with E-state index in [2.05, 4.69) is 0 Å². The van der Waals surface area contributed by atoms with Gasteiger partial charge < -0.3 is 14.7 Å². The molecule has 2 aliphatic rings. The summed E-state index contributed by atoms with van der Waals surface area (Å²) in [6.07, 6.45) is 4.05. The number of allylic oxidation sites excluding steroid dienone is 4. The topological polar surface area (TPSA) is 66.8 Å². The van der Waals surface area contributed by atoms with Gasteiger partial charge in [-0.25, -0.2) is 0 Å². The van der Waals surface area contributed by atoms with Crippen molar-refractivity contribution in [3.8, 4) is 17.2 Å². The van der Waals surface area contributed by atoms with Gasteiger partial charge in [0, 0.05) is 5.56 Å². The average molecular weight is 324 g/mol. The van der Waals surface area contributed by atoms with Gasteiger partial charge in [-0.3, -0.25) is 4.79 Å². The van der Waals surface area contributed by atoms with E-state index in [0.29, 0.717) is 22.8 Å². The minimum Gasteiger partial charge on any atom is -0.508 e. The van der Waals surface area contributed by atoms with Crippen LogP contribution in [0.1, 0.15) is 12.0 Å². The molecule has 23 heavy (non-hydrogen) atoms. The molecule has 4 nitrogen and oxygen atoms in total. The van der Waals surface area contributed by atoms with Crippen molar-refractivity contribution in [1.29, 1.82) is 0 Å². The molecule has 2 aromatic rings. The van der Waals surface area contributed by atoms with Gasteiger partial charge in [-0.2, -0.15) is 0 Å². The first-order valence-corrected chi connectivity index (χ1v) is 8.44. The van der Waals surface area contributed by atoms with Crippen LogP contribution < -0.4 is 9.83 Å². The molecule has 0 bridgehead atoms. The van der Waals surface area contributed by atoms with Crippen LogP contribution in [0.25, 0.3) is 5.57 Å². The first-order valence-electron chi connectivity index (χ1n) is 7.18. The maximum Gasteiger partial charge on any atom is 0.189 e. The first-order chi connectivity index (χ1) is 11.1. The Balaban J connectivity index is 1.95. The number of phenols is 2. The number of phenolic OH excluding ortho intramolecular Hbond substituents is 2. The Hall–Kier alpha value is -2.58. The fourth-order valence-electron chi connectivity index (χ4n) is 2.85. The van der Waals surface area contributed by atoms with Crippen molar-refractivity contribution < 1.29 is 19.5 Å². The molecule has 0 radical (unpaired) electrons. The first kappa shape index (κ1) is 14.0. The summed E-state index contributed by atoms with van der Waals surface area (Å²) in [7, 11) is -1.52. The zero-order valence-electron chi connectivity index (χ0n) is 12.1. The van der Waals surface area contributed by atoms with Crippen molar-refractivity contribution >= 4 is 24.8 Å². The predicted molar refractivity (Wildman–Crippen MR) is 89.1 cm³/mol. The van der Waals surface area contributed by atoms with E-state index in [9.17, 15) is 15.0 Å². The second kappa shape index (κ2) is 5.25. The van der Waals surface area contributed by atoms with Gasteiger partial charge in [-0.05, 0) is 42.3 Å². The van der Waals surface area contributed by atoms with Crippen LogP contribution in [0, 0.1) is 0 Å². The molecular weight excluding hydrogens is 311 g/mol. The minimum absolute atomic E-state index is 0.0162. The molecule has 1 unspecified atom stereocenters. The van der Waals surface area contributed by atoms with Gasteiger partial charge in [0.25, 0.3) is 0 Å². The molecule has 1 atom stereocenters. The number of aromatic hydroxyl groups is 2. The lowest BCUT2D eigenvalue weighted by Crippen LogP contribution is -2.18. The monoisotopic (exact) mass is 324 g/mol. The van der Waals surface area contributed by atoms with Crippen LogP contribution in [0.15, 0.2) is 59.9 Å². The van der Waals surface area contributed by atoms with E-state index in [1.165, 1.54) is 18.2 Å². The highest BCUT2D eigenvalue weighted by atomic mass is 31.1. The second-order valence-corrected chi connectivity index (χ2v) is 7.05. The minimum atomic E-state index is -1.52. The fraction of sp³-hybridized carbons (Fsp3) is 0.0556. The normalized spacial score (nSPS) is 19.1. The number of rotatable bonds is 1. The number of hydrogen-bond donors (Lipinski definition) is 2. The number of carbonyl (C=O) groups excluding carboxylic acids is 1. The average Bonchev–Trinajstić information content (AvgIpc) is 2.56. The third-order valence-corrected chi connectivity index (χ3v) is 5.96. The van der Waals surface area contributed by atoms with Gasteiger partial charge in [0.2, 0.25) is 0 Å². The third kappa shape index (κ3) is 2.23. The summed E-state index contributed by atoms with van der Waals surface area (Å²) in [4.78, 5) is 12.5. The maximum atomic E-state index is 12.5. The standard InChI is InChI=1S/C18H13O4P/c19-11-8-9-14(20)17(10-11)23-18-13(5-3-6-15(18)21)12-4-1-2-7-16(12)22-23/h1-4,6-10,19-20H,5H2. The number of ketones is 1. The molecule has 2 aromatic carbocycles. The fourth-order valence-corrected chi connectivity index (χ4v) is 4.90. The van der Waals surface area contributed by atoms with Crippen LogP contribution in [0.3, 0.4) is 0 Å². The highest BCUT2D eigenvalue weighted by Gasteiger charge is 2.36. The molecule has 1 aliphatic carbocycles. The van der Waals surface area contributed by atoms with Crippen LogP contribution in [0.2, 0.25) is 0 Å². The molecule has 0 saturated carbocycles. The number of fused-ring (bicyclic) bond motifs is 2. The van der Waals surface area contributed by atoms with Crippen LogP contribution in [-0.4, -0.2) is 16.0 Å². The molecule has 0 amide bonds. The number of para-hydroxylation sites is 1. The summed E-state index contributed by atoms with van der Waals surface area (Å²) in [5.74, 6) is 0.643. The Morgan fingerprint density at radius 1 is 1.09 bits per heavy atom. The summed E-state index contributed by atoms with van der Waals surface area (Å²) in [5.41, 5.74) is 1.85. The summed E-state index contributed by atoms with van der Waals surface area (Å²) in [5, 5.41) is 21.0. The zero-order valence-corrected chi connectivity index (χ0v) is 13.0. The van der Waals surface area contributed by atoms with Gasteiger partial charge in [-0.15, -0.1) is 0 Å². The molecule has 5 heteroatoms. The maximum absolute atomic E-state index is 12.5. The Kier molecular flexibility index (Phi) is 3.21. The van der Waals surface area contributed by atoms with Crippen LogP contribution in [-0.2, 0) is 4.79 Å². The molecule has 1 heterocycles. The summed E-state index contributed by atoms with van der Waals surface area (Å²) in [6, 6.07) is 11.9. The zero-order chi connectivity index (χ0) is 16.0.